The summed E-state index contributed by atoms with van der Waals surface area (Å²) in [6.45, 7) is 1.18. The highest BCUT2D eigenvalue weighted by Gasteiger charge is 2.32. The molecule has 2 aromatic carbocycles. The van der Waals surface area contributed by atoms with Gasteiger partial charge in [-0.3, -0.25) is 4.90 Å². The number of hydrogen-bond donors (Lipinski definition) is 2. The van der Waals surface area contributed by atoms with Gasteiger partial charge in [0.1, 0.15) is 47.6 Å². The van der Waals surface area contributed by atoms with Crippen LogP contribution >= 0.6 is 0 Å². The molecule has 0 spiro atoms. The molecular weight excluding hydrogens is 464 g/mol. The van der Waals surface area contributed by atoms with Gasteiger partial charge in [0.15, 0.2) is 0 Å². The van der Waals surface area contributed by atoms with Crippen LogP contribution in [-0.4, -0.2) is 52.6 Å². The quantitative estimate of drug-likeness (QED) is 0.548. The molecule has 5 rings (SSSR count). The number of ether oxygens (including phenoxy) is 2. The number of halogens is 2. The Morgan fingerprint density at radius 1 is 0.861 bits per heavy atom. The highest BCUT2D eigenvalue weighted by atomic mass is 19.1. The third kappa shape index (κ3) is 5.97. The maximum atomic E-state index is 13.6. The fraction of sp³-hybridized carbons (Fsp3) is 0.448. The number of allylic oxidation sites excluding steroid dienone is 4. The zero-order valence-electron chi connectivity index (χ0n) is 20.3. The second-order valence-electron chi connectivity index (χ2n) is 10.00. The van der Waals surface area contributed by atoms with Gasteiger partial charge < -0.3 is 19.7 Å². The highest BCUT2D eigenvalue weighted by Crippen LogP contribution is 2.35. The minimum absolute atomic E-state index is 0.114. The van der Waals surface area contributed by atoms with E-state index in [9.17, 15) is 19.0 Å². The third-order valence-electron chi connectivity index (χ3n) is 7.27. The summed E-state index contributed by atoms with van der Waals surface area (Å²) in [5, 5.41) is 22.2. The maximum absolute atomic E-state index is 13.6. The number of benzene rings is 2. The van der Waals surface area contributed by atoms with Crippen molar-refractivity contribution < 1.29 is 28.5 Å². The normalized spacial score (nSPS) is 23.2. The van der Waals surface area contributed by atoms with Crippen LogP contribution in [0.3, 0.4) is 0 Å². The van der Waals surface area contributed by atoms with E-state index < -0.39 is 18.3 Å². The van der Waals surface area contributed by atoms with Crippen molar-refractivity contribution in [2.75, 3.05) is 13.1 Å². The lowest BCUT2D eigenvalue weighted by Gasteiger charge is -2.36. The topological polar surface area (TPSA) is 62.2 Å². The first-order chi connectivity index (χ1) is 17.4. The van der Waals surface area contributed by atoms with Crippen LogP contribution in [-0.2, 0) is 17.7 Å². The van der Waals surface area contributed by atoms with E-state index in [2.05, 4.69) is 0 Å². The number of hydrogen-bond acceptors (Lipinski definition) is 5. The smallest absolute Gasteiger partial charge is 0.126 e. The standard InChI is InChI=1S/C29H33F2NO4/c30-22-8-12-26-20(14-22)6-10-28(35-26)24(33)17-32(16-19-4-2-1-3-5-19)18-25(34)29-11-7-21-15-23(31)9-13-27(21)36-29/h1-5,8,12,14-15,24-25,28-29,33-34H,6-7,9-11,13,16-18H2. The molecule has 36 heavy (non-hydrogen) atoms. The van der Waals surface area contributed by atoms with Gasteiger partial charge in [0, 0.05) is 32.5 Å². The van der Waals surface area contributed by atoms with Crippen molar-refractivity contribution in [1.29, 1.82) is 0 Å². The molecule has 0 bridgehead atoms. The molecule has 0 fully saturated rings. The average Bonchev–Trinajstić information content (AvgIpc) is 2.88. The summed E-state index contributed by atoms with van der Waals surface area (Å²) in [7, 11) is 0. The Bertz CT molecular complexity index is 1120. The molecule has 0 saturated heterocycles. The zero-order valence-corrected chi connectivity index (χ0v) is 20.3. The molecule has 2 N–H and O–H groups in total. The van der Waals surface area contributed by atoms with Crippen LogP contribution in [0.2, 0.25) is 0 Å². The Morgan fingerprint density at radius 2 is 1.58 bits per heavy atom. The van der Waals surface area contributed by atoms with Crippen LogP contribution in [0.25, 0.3) is 0 Å². The van der Waals surface area contributed by atoms with E-state index in [-0.39, 0.29) is 17.7 Å². The summed E-state index contributed by atoms with van der Waals surface area (Å²) in [5.41, 5.74) is 2.79. The Labute approximate surface area is 210 Å². The molecule has 0 aromatic heterocycles. The number of nitrogens with zero attached hydrogens (tertiary/aromatic N) is 1. The molecule has 4 unspecified atom stereocenters. The predicted molar refractivity (Wildman–Crippen MR) is 132 cm³/mol. The number of aliphatic hydroxyl groups excluding tert-OH is 2. The van der Waals surface area contributed by atoms with E-state index >= 15 is 0 Å². The van der Waals surface area contributed by atoms with Crippen molar-refractivity contribution in [2.24, 2.45) is 0 Å². The summed E-state index contributed by atoms with van der Waals surface area (Å²) in [5.74, 6) is 0.990. The number of rotatable bonds is 8. The third-order valence-corrected chi connectivity index (χ3v) is 7.27. The highest BCUT2D eigenvalue weighted by molar-refractivity contribution is 5.36. The monoisotopic (exact) mass is 497 g/mol. The molecule has 5 nitrogen and oxygen atoms in total. The van der Waals surface area contributed by atoms with Gasteiger partial charge in [-0.25, -0.2) is 8.78 Å². The molecule has 4 atom stereocenters. The number of fused-ring (bicyclic) bond motifs is 1. The minimum atomic E-state index is -0.785. The molecule has 192 valence electrons. The van der Waals surface area contributed by atoms with Crippen molar-refractivity contribution in [2.45, 2.75) is 69.5 Å². The second kappa shape index (κ2) is 11.1. The Morgan fingerprint density at radius 3 is 2.36 bits per heavy atom. The van der Waals surface area contributed by atoms with Gasteiger partial charge in [-0.15, -0.1) is 0 Å². The Balaban J connectivity index is 1.25. The van der Waals surface area contributed by atoms with Crippen molar-refractivity contribution in [1.82, 2.24) is 4.90 Å². The van der Waals surface area contributed by atoms with Crippen LogP contribution in [0.15, 0.2) is 71.8 Å². The van der Waals surface area contributed by atoms with E-state index in [4.69, 9.17) is 9.47 Å². The van der Waals surface area contributed by atoms with Gasteiger partial charge in [0.05, 0.1) is 0 Å². The molecular formula is C29H33F2NO4. The summed E-state index contributed by atoms with van der Waals surface area (Å²) in [6, 6.07) is 14.4. The van der Waals surface area contributed by atoms with Crippen LogP contribution < -0.4 is 4.74 Å². The summed E-state index contributed by atoms with van der Waals surface area (Å²) < 4.78 is 39.3. The average molecular weight is 498 g/mol. The largest absolute Gasteiger partial charge is 0.492 e. The molecule has 0 radical (unpaired) electrons. The number of aryl methyl sites for hydroxylation is 1. The van der Waals surface area contributed by atoms with Crippen molar-refractivity contribution >= 4 is 0 Å². The molecule has 1 aliphatic carbocycles. The van der Waals surface area contributed by atoms with Gasteiger partial charge >= 0.3 is 0 Å². The van der Waals surface area contributed by atoms with Crippen molar-refractivity contribution in [3.8, 4) is 5.75 Å². The Kier molecular flexibility index (Phi) is 7.70. The maximum Gasteiger partial charge on any atom is 0.126 e. The van der Waals surface area contributed by atoms with Gasteiger partial charge in [0.25, 0.3) is 0 Å². The van der Waals surface area contributed by atoms with Crippen LogP contribution in [0.1, 0.15) is 43.2 Å². The fourth-order valence-corrected chi connectivity index (χ4v) is 5.35. The molecule has 2 aromatic rings. The molecule has 0 saturated carbocycles. The van der Waals surface area contributed by atoms with Crippen molar-refractivity contribution in [3.63, 3.8) is 0 Å². The molecule has 2 aliphatic heterocycles. The van der Waals surface area contributed by atoms with E-state index in [1.165, 1.54) is 12.1 Å². The fourth-order valence-electron chi connectivity index (χ4n) is 5.35. The van der Waals surface area contributed by atoms with E-state index in [0.29, 0.717) is 63.9 Å². The van der Waals surface area contributed by atoms with E-state index in [0.717, 1.165) is 22.5 Å². The first kappa shape index (κ1) is 24.9. The SMILES string of the molecule is OC(CN(Cc1ccccc1)CC(O)C1CCc2cc(F)ccc2O1)C1CCC2=C(CCC(F)=C2)O1. The first-order valence-electron chi connectivity index (χ1n) is 12.8. The lowest BCUT2D eigenvalue weighted by Crippen LogP contribution is -2.47. The van der Waals surface area contributed by atoms with Gasteiger partial charge in [-0.1, -0.05) is 30.3 Å². The minimum Gasteiger partial charge on any atom is -0.492 e. The summed E-state index contributed by atoms with van der Waals surface area (Å²) in [6.07, 6.45) is 2.62. The Hall–Kier alpha value is -2.74. The molecule has 7 heteroatoms. The first-order valence-corrected chi connectivity index (χ1v) is 12.8. The lowest BCUT2D eigenvalue weighted by atomic mass is 9.93. The predicted octanol–water partition coefficient (Wildman–Crippen LogP) is 4.82. The number of aliphatic hydroxyl groups is 2. The van der Waals surface area contributed by atoms with E-state index in [1.807, 2.05) is 35.2 Å². The second-order valence-corrected chi connectivity index (χ2v) is 10.00. The molecule has 0 amide bonds. The van der Waals surface area contributed by atoms with Gasteiger partial charge in [0.2, 0.25) is 0 Å². The van der Waals surface area contributed by atoms with Crippen LogP contribution in [0.5, 0.6) is 5.75 Å². The molecule has 3 aliphatic rings. The lowest BCUT2D eigenvalue weighted by molar-refractivity contribution is -0.0499. The molecule has 2 heterocycles. The van der Waals surface area contributed by atoms with Gasteiger partial charge in [-0.05, 0) is 66.7 Å². The van der Waals surface area contributed by atoms with Crippen LogP contribution in [0.4, 0.5) is 8.78 Å². The van der Waals surface area contributed by atoms with Crippen molar-refractivity contribution in [3.05, 3.63) is 88.7 Å². The van der Waals surface area contributed by atoms with E-state index in [1.54, 1.807) is 12.1 Å². The summed E-state index contributed by atoms with van der Waals surface area (Å²) >= 11 is 0. The zero-order chi connectivity index (χ0) is 25.1. The van der Waals surface area contributed by atoms with Gasteiger partial charge in [-0.2, -0.15) is 0 Å². The summed E-state index contributed by atoms with van der Waals surface area (Å²) in [4.78, 5) is 2.03. The van der Waals surface area contributed by atoms with Crippen LogP contribution in [0, 0.1) is 5.82 Å².